The van der Waals surface area contributed by atoms with Gasteiger partial charge < -0.3 is 9.73 Å². The second-order valence-corrected chi connectivity index (χ2v) is 6.40. The summed E-state index contributed by atoms with van der Waals surface area (Å²) in [4.78, 5) is 32.1. The van der Waals surface area contributed by atoms with Gasteiger partial charge in [0.1, 0.15) is 17.2 Å². The molecule has 0 aliphatic carbocycles. The number of pyridine rings is 1. The minimum Gasteiger partial charge on any atom is -0.466 e. The molecule has 1 N–H and O–H groups in total. The summed E-state index contributed by atoms with van der Waals surface area (Å²) in [5.74, 6) is 1.02. The molecule has 0 aliphatic heterocycles. The highest BCUT2D eigenvalue weighted by atomic mass is 32.1. The highest BCUT2D eigenvalue weighted by molar-refractivity contribution is 7.14. The standard InChI is InChI=1S/C18H17N3O3S/c1-11(22)14-9-13(24-12(14)2)6-7-17(23)21-18-20-16(10-25-18)15-5-3-4-8-19-15/h3-5,8-10H,6-7H2,1-2H3,(H,20,21,23). The first-order chi connectivity index (χ1) is 12.0. The van der Waals surface area contributed by atoms with E-state index in [2.05, 4.69) is 15.3 Å². The maximum atomic E-state index is 12.1. The molecule has 0 unspecified atom stereocenters. The molecule has 25 heavy (non-hydrogen) atoms. The zero-order valence-electron chi connectivity index (χ0n) is 13.9. The molecule has 1 amide bonds. The van der Waals surface area contributed by atoms with Crippen molar-refractivity contribution in [3.63, 3.8) is 0 Å². The summed E-state index contributed by atoms with van der Waals surface area (Å²) in [6, 6.07) is 7.30. The molecule has 0 bridgehead atoms. The second-order valence-electron chi connectivity index (χ2n) is 5.54. The average Bonchev–Trinajstić information content (AvgIpc) is 3.20. The SMILES string of the molecule is CC(=O)c1cc(CCC(=O)Nc2nc(-c3ccccn3)cs2)oc1C. The predicted octanol–water partition coefficient (Wildman–Crippen LogP) is 3.88. The highest BCUT2D eigenvalue weighted by Crippen LogP contribution is 2.23. The Morgan fingerprint density at radius 2 is 2.12 bits per heavy atom. The minimum atomic E-state index is -0.152. The van der Waals surface area contributed by atoms with Gasteiger partial charge in [-0.1, -0.05) is 6.07 Å². The summed E-state index contributed by atoms with van der Waals surface area (Å²) >= 11 is 1.35. The summed E-state index contributed by atoms with van der Waals surface area (Å²) in [6.45, 7) is 3.24. The number of hydrogen-bond donors (Lipinski definition) is 1. The van der Waals surface area contributed by atoms with Gasteiger partial charge in [-0.05, 0) is 32.0 Å². The lowest BCUT2D eigenvalue weighted by molar-refractivity contribution is -0.116. The first-order valence-electron chi connectivity index (χ1n) is 7.80. The van der Waals surface area contributed by atoms with Crippen LogP contribution in [0.3, 0.4) is 0 Å². The van der Waals surface area contributed by atoms with E-state index < -0.39 is 0 Å². The Morgan fingerprint density at radius 3 is 2.80 bits per heavy atom. The van der Waals surface area contributed by atoms with Crippen LogP contribution in [0.25, 0.3) is 11.4 Å². The van der Waals surface area contributed by atoms with Crippen LogP contribution in [0.15, 0.2) is 40.3 Å². The number of aryl methyl sites for hydroxylation is 2. The molecule has 3 aromatic rings. The molecule has 0 aliphatic rings. The van der Waals surface area contributed by atoms with Crippen molar-refractivity contribution in [2.24, 2.45) is 0 Å². The van der Waals surface area contributed by atoms with E-state index in [0.717, 1.165) is 11.4 Å². The number of amides is 1. The fourth-order valence-corrected chi connectivity index (χ4v) is 3.12. The number of ketones is 1. The quantitative estimate of drug-likeness (QED) is 0.678. The molecule has 7 heteroatoms. The summed E-state index contributed by atoms with van der Waals surface area (Å²) < 4.78 is 5.52. The molecular weight excluding hydrogens is 338 g/mol. The van der Waals surface area contributed by atoms with Gasteiger partial charge in [-0.15, -0.1) is 11.3 Å². The summed E-state index contributed by atoms with van der Waals surface area (Å²) in [6.07, 6.45) is 2.38. The number of carbonyl (C=O) groups is 2. The third-order valence-corrected chi connectivity index (χ3v) is 4.38. The van der Waals surface area contributed by atoms with E-state index in [1.807, 2.05) is 23.6 Å². The lowest BCUT2D eigenvalue weighted by Gasteiger charge is -2.00. The van der Waals surface area contributed by atoms with Crippen LogP contribution in [0, 0.1) is 6.92 Å². The topological polar surface area (TPSA) is 85.1 Å². The van der Waals surface area contributed by atoms with Crippen molar-refractivity contribution in [2.75, 3.05) is 5.32 Å². The summed E-state index contributed by atoms with van der Waals surface area (Å²) in [5, 5.41) is 5.17. The molecule has 6 nitrogen and oxygen atoms in total. The zero-order chi connectivity index (χ0) is 17.8. The van der Waals surface area contributed by atoms with Crippen molar-refractivity contribution < 1.29 is 14.0 Å². The molecule has 0 spiro atoms. The lowest BCUT2D eigenvalue weighted by Crippen LogP contribution is -2.12. The van der Waals surface area contributed by atoms with Gasteiger partial charge in [-0.3, -0.25) is 14.6 Å². The van der Waals surface area contributed by atoms with Crippen LogP contribution in [0.5, 0.6) is 0 Å². The second kappa shape index (κ2) is 7.40. The van der Waals surface area contributed by atoms with E-state index in [1.54, 1.807) is 19.2 Å². The molecule has 0 atom stereocenters. The molecule has 3 aromatic heterocycles. The number of aromatic nitrogens is 2. The number of Topliss-reactive ketones (excluding diaryl/α,β-unsaturated/α-hetero) is 1. The van der Waals surface area contributed by atoms with Gasteiger partial charge in [0.2, 0.25) is 5.91 Å². The molecule has 0 radical (unpaired) electrons. The molecule has 128 valence electrons. The van der Waals surface area contributed by atoms with Crippen molar-refractivity contribution in [1.29, 1.82) is 0 Å². The summed E-state index contributed by atoms with van der Waals surface area (Å²) in [5.41, 5.74) is 2.06. The number of nitrogens with zero attached hydrogens (tertiary/aromatic N) is 2. The van der Waals surface area contributed by atoms with Gasteiger partial charge in [0.25, 0.3) is 0 Å². The van der Waals surface area contributed by atoms with Gasteiger partial charge >= 0.3 is 0 Å². The molecule has 3 heterocycles. The Morgan fingerprint density at radius 1 is 1.28 bits per heavy atom. The van der Waals surface area contributed by atoms with Crippen LogP contribution in [0.4, 0.5) is 5.13 Å². The fraction of sp³-hybridized carbons (Fsp3) is 0.222. The van der Waals surface area contributed by atoms with E-state index >= 15 is 0 Å². The first-order valence-corrected chi connectivity index (χ1v) is 8.68. The largest absolute Gasteiger partial charge is 0.466 e. The van der Waals surface area contributed by atoms with Crippen molar-refractivity contribution in [3.8, 4) is 11.4 Å². The molecule has 0 aromatic carbocycles. The third-order valence-electron chi connectivity index (χ3n) is 3.62. The molecular formula is C18H17N3O3S. The monoisotopic (exact) mass is 355 g/mol. The van der Waals surface area contributed by atoms with Crippen LogP contribution in [0.2, 0.25) is 0 Å². The number of hydrogen-bond acceptors (Lipinski definition) is 6. The van der Waals surface area contributed by atoms with Gasteiger partial charge in [0.05, 0.1) is 11.3 Å². The fourth-order valence-electron chi connectivity index (χ4n) is 2.40. The molecule has 0 fully saturated rings. The Kier molecular flexibility index (Phi) is 5.04. The Labute approximate surface area is 148 Å². The maximum absolute atomic E-state index is 12.1. The van der Waals surface area contributed by atoms with Crippen LogP contribution in [0.1, 0.15) is 35.2 Å². The van der Waals surface area contributed by atoms with Crippen molar-refractivity contribution >= 4 is 28.2 Å². The van der Waals surface area contributed by atoms with E-state index in [9.17, 15) is 9.59 Å². The highest BCUT2D eigenvalue weighted by Gasteiger charge is 2.13. The Balaban J connectivity index is 1.57. The smallest absolute Gasteiger partial charge is 0.226 e. The minimum absolute atomic E-state index is 0.0400. The third kappa shape index (κ3) is 4.19. The number of rotatable bonds is 6. The van der Waals surface area contributed by atoms with Gasteiger partial charge in [0, 0.05) is 24.4 Å². The van der Waals surface area contributed by atoms with E-state index in [1.165, 1.54) is 18.3 Å². The number of anilines is 1. The normalized spacial score (nSPS) is 10.6. The van der Waals surface area contributed by atoms with Gasteiger partial charge in [-0.25, -0.2) is 4.98 Å². The number of furan rings is 1. The molecule has 3 rings (SSSR count). The number of nitrogens with one attached hydrogen (secondary N) is 1. The Bertz CT molecular complexity index is 899. The summed E-state index contributed by atoms with van der Waals surface area (Å²) in [7, 11) is 0. The van der Waals surface area contributed by atoms with Crippen molar-refractivity contribution in [1.82, 2.24) is 9.97 Å². The van der Waals surface area contributed by atoms with Crippen LogP contribution in [-0.2, 0) is 11.2 Å². The molecule has 0 saturated carbocycles. The van der Waals surface area contributed by atoms with Crippen molar-refractivity contribution in [2.45, 2.75) is 26.7 Å². The lowest BCUT2D eigenvalue weighted by atomic mass is 10.1. The van der Waals surface area contributed by atoms with Crippen molar-refractivity contribution in [3.05, 3.63) is 52.9 Å². The van der Waals surface area contributed by atoms with E-state index in [4.69, 9.17) is 4.42 Å². The average molecular weight is 355 g/mol. The van der Waals surface area contributed by atoms with Crippen LogP contribution < -0.4 is 5.32 Å². The maximum Gasteiger partial charge on any atom is 0.226 e. The number of thiazole rings is 1. The van der Waals surface area contributed by atoms with E-state index in [0.29, 0.717) is 28.6 Å². The van der Waals surface area contributed by atoms with Gasteiger partial charge in [0.15, 0.2) is 10.9 Å². The van der Waals surface area contributed by atoms with Crippen LogP contribution in [-0.4, -0.2) is 21.7 Å². The number of carbonyl (C=O) groups excluding carboxylic acids is 2. The predicted molar refractivity (Wildman–Crippen MR) is 95.7 cm³/mol. The molecule has 0 saturated heterocycles. The van der Waals surface area contributed by atoms with Gasteiger partial charge in [-0.2, -0.15) is 0 Å². The van der Waals surface area contributed by atoms with E-state index in [-0.39, 0.29) is 18.1 Å². The zero-order valence-corrected chi connectivity index (χ0v) is 14.7. The first kappa shape index (κ1) is 17.0. The Hall–Kier alpha value is -2.80. The van der Waals surface area contributed by atoms with Crippen LogP contribution >= 0.6 is 11.3 Å².